The van der Waals surface area contributed by atoms with Crippen molar-refractivity contribution in [3.63, 3.8) is 0 Å². The molecule has 0 aromatic heterocycles. The lowest BCUT2D eigenvalue weighted by atomic mass is 9.57. The molecule has 2 saturated carbocycles. The molecule has 0 aliphatic heterocycles. The summed E-state index contributed by atoms with van der Waals surface area (Å²) in [6.45, 7) is 8.28. The Hall–Kier alpha value is -0.0400. The van der Waals surface area contributed by atoms with Crippen LogP contribution in [-0.2, 0) is 0 Å². The summed E-state index contributed by atoms with van der Waals surface area (Å²) in [5.74, 6) is 1.64. The van der Waals surface area contributed by atoms with E-state index in [2.05, 4.69) is 26.1 Å². The fourth-order valence-corrected chi connectivity index (χ4v) is 3.43. The first-order valence-electron chi connectivity index (χ1n) is 7.37. The lowest BCUT2D eigenvalue weighted by Gasteiger charge is -2.53. The van der Waals surface area contributed by atoms with Gasteiger partial charge >= 0.3 is 0 Å². The summed E-state index contributed by atoms with van der Waals surface area (Å²) in [4.78, 5) is 0. The maximum absolute atomic E-state index is 3.86. The zero-order valence-corrected chi connectivity index (χ0v) is 11.4. The number of hydrogen-bond acceptors (Lipinski definition) is 1. The van der Waals surface area contributed by atoms with Gasteiger partial charge in [-0.3, -0.25) is 0 Å². The molecule has 1 spiro atoms. The monoisotopic (exact) mass is 223 g/mol. The van der Waals surface area contributed by atoms with Gasteiger partial charge in [0.2, 0.25) is 0 Å². The zero-order valence-electron chi connectivity index (χ0n) is 11.4. The molecule has 16 heavy (non-hydrogen) atoms. The third-order valence-electron chi connectivity index (χ3n) is 5.34. The topological polar surface area (TPSA) is 12.0 Å². The normalized spacial score (nSPS) is 30.4. The molecule has 2 atom stereocenters. The highest BCUT2D eigenvalue weighted by Gasteiger charge is 2.46. The molecule has 0 saturated heterocycles. The summed E-state index contributed by atoms with van der Waals surface area (Å²) >= 11 is 0. The highest BCUT2D eigenvalue weighted by Crippen LogP contribution is 2.51. The molecule has 2 aliphatic rings. The van der Waals surface area contributed by atoms with E-state index < -0.39 is 0 Å². The van der Waals surface area contributed by atoms with E-state index in [1.807, 2.05) is 0 Å². The zero-order chi connectivity index (χ0) is 11.6. The second-order valence-electron chi connectivity index (χ2n) is 6.64. The summed E-state index contributed by atoms with van der Waals surface area (Å²) in [6.07, 6.45) is 10.4. The molecule has 94 valence electrons. The Morgan fingerprint density at radius 2 is 1.75 bits per heavy atom. The van der Waals surface area contributed by atoms with Crippen molar-refractivity contribution in [2.24, 2.45) is 17.3 Å². The lowest BCUT2D eigenvalue weighted by Crippen LogP contribution is -2.55. The van der Waals surface area contributed by atoms with Crippen molar-refractivity contribution >= 4 is 0 Å². The van der Waals surface area contributed by atoms with Crippen molar-refractivity contribution in [1.82, 2.24) is 5.32 Å². The Morgan fingerprint density at radius 1 is 1.06 bits per heavy atom. The third-order valence-corrected chi connectivity index (χ3v) is 5.34. The summed E-state index contributed by atoms with van der Waals surface area (Å²) in [5.41, 5.74) is 0.731. The Kier molecular flexibility index (Phi) is 3.94. The van der Waals surface area contributed by atoms with E-state index in [4.69, 9.17) is 0 Å². The van der Waals surface area contributed by atoms with E-state index in [1.165, 1.54) is 51.5 Å². The smallest absolute Gasteiger partial charge is 0.0124 e. The van der Waals surface area contributed by atoms with Crippen molar-refractivity contribution in [3.8, 4) is 0 Å². The van der Waals surface area contributed by atoms with E-state index in [9.17, 15) is 0 Å². The minimum absolute atomic E-state index is 0.731. The van der Waals surface area contributed by atoms with E-state index in [0.717, 1.165) is 23.3 Å². The average Bonchev–Trinajstić information content (AvgIpc) is 2.28. The van der Waals surface area contributed by atoms with Crippen molar-refractivity contribution in [1.29, 1.82) is 0 Å². The fourth-order valence-electron chi connectivity index (χ4n) is 3.43. The van der Waals surface area contributed by atoms with Crippen LogP contribution < -0.4 is 5.32 Å². The van der Waals surface area contributed by atoms with Crippen LogP contribution in [0.3, 0.4) is 0 Å². The van der Waals surface area contributed by atoms with Gasteiger partial charge in [0.25, 0.3) is 0 Å². The number of rotatable bonds is 4. The highest BCUT2D eigenvalue weighted by molar-refractivity contribution is 5.01. The van der Waals surface area contributed by atoms with Gasteiger partial charge in [-0.15, -0.1) is 0 Å². The van der Waals surface area contributed by atoms with E-state index in [0.29, 0.717) is 0 Å². The van der Waals surface area contributed by atoms with Crippen molar-refractivity contribution in [2.45, 2.75) is 71.8 Å². The first kappa shape index (κ1) is 12.4. The van der Waals surface area contributed by atoms with Gasteiger partial charge in [0.05, 0.1) is 0 Å². The van der Waals surface area contributed by atoms with Gasteiger partial charge in [-0.25, -0.2) is 0 Å². The molecule has 1 heteroatoms. The molecule has 0 amide bonds. The Labute approximate surface area is 101 Å². The molecular weight excluding hydrogens is 194 g/mol. The van der Waals surface area contributed by atoms with Gasteiger partial charge in [0.1, 0.15) is 0 Å². The maximum Gasteiger partial charge on any atom is 0.0124 e. The Bertz CT molecular complexity index is 215. The minimum atomic E-state index is 0.731. The van der Waals surface area contributed by atoms with Gasteiger partial charge in [-0.05, 0) is 49.5 Å². The second kappa shape index (κ2) is 5.08. The van der Waals surface area contributed by atoms with E-state index in [1.54, 1.807) is 0 Å². The molecule has 2 aliphatic carbocycles. The molecule has 0 aromatic rings. The summed E-state index contributed by atoms with van der Waals surface area (Å²) in [6, 6.07) is 0.856. The van der Waals surface area contributed by atoms with Crippen LogP contribution in [0.2, 0.25) is 0 Å². The first-order chi connectivity index (χ1) is 7.64. The predicted octanol–water partition coefficient (Wildman–Crippen LogP) is 3.98. The molecule has 2 unspecified atom stereocenters. The molecule has 0 aromatic carbocycles. The average molecular weight is 223 g/mol. The van der Waals surface area contributed by atoms with Crippen LogP contribution in [-0.4, -0.2) is 12.6 Å². The van der Waals surface area contributed by atoms with Gasteiger partial charge in [-0.1, -0.05) is 40.0 Å². The summed E-state index contributed by atoms with van der Waals surface area (Å²) in [5, 5.41) is 3.86. The van der Waals surface area contributed by atoms with Crippen LogP contribution in [0.4, 0.5) is 0 Å². The number of hydrogen-bond donors (Lipinski definition) is 1. The van der Waals surface area contributed by atoms with Crippen LogP contribution in [0, 0.1) is 17.3 Å². The second-order valence-corrected chi connectivity index (χ2v) is 6.64. The van der Waals surface area contributed by atoms with Crippen molar-refractivity contribution in [3.05, 3.63) is 0 Å². The maximum atomic E-state index is 3.86. The van der Waals surface area contributed by atoms with E-state index in [-0.39, 0.29) is 0 Å². The molecule has 2 fully saturated rings. The van der Waals surface area contributed by atoms with Crippen LogP contribution >= 0.6 is 0 Å². The molecule has 0 bridgehead atoms. The van der Waals surface area contributed by atoms with Crippen LogP contribution in [0.1, 0.15) is 65.7 Å². The minimum Gasteiger partial charge on any atom is -0.313 e. The fraction of sp³-hybridized carbons (Fsp3) is 1.00. The van der Waals surface area contributed by atoms with Crippen LogP contribution in [0.15, 0.2) is 0 Å². The molecule has 0 heterocycles. The molecule has 1 nitrogen and oxygen atoms in total. The lowest BCUT2D eigenvalue weighted by molar-refractivity contribution is 0.0204. The van der Waals surface area contributed by atoms with Gasteiger partial charge in [0, 0.05) is 6.04 Å². The van der Waals surface area contributed by atoms with Crippen LogP contribution in [0.5, 0.6) is 0 Å². The first-order valence-corrected chi connectivity index (χ1v) is 7.37. The quantitative estimate of drug-likeness (QED) is 0.760. The van der Waals surface area contributed by atoms with Gasteiger partial charge in [0.15, 0.2) is 0 Å². The SMILES string of the molecule is CC(C)C(C)CNC1CCC12CCCCC2. The van der Waals surface area contributed by atoms with Gasteiger partial charge in [-0.2, -0.15) is 0 Å². The predicted molar refractivity (Wildman–Crippen MR) is 70.5 cm³/mol. The summed E-state index contributed by atoms with van der Waals surface area (Å²) < 4.78 is 0. The highest BCUT2D eigenvalue weighted by atomic mass is 15.0. The number of nitrogens with one attached hydrogen (secondary N) is 1. The molecule has 0 radical (unpaired) electrons. The van der Waals surface area contributed by atoms with Gasteiger partial charge < -0.3 is 5.32 Å². The van der Waals surface area contributed by atoms with Crippen LogP contribution in [0.25, 0.3) is 0 Å². The van der Waals surface area contributed by atoms with Crippen molar-refractivity contribution in [2.75, 3.05) is 6.54 Å². The standard InChI is InChI=1S/C15H29N/c1-12(2)13(3)11-16-14-7-10-15(14)8-5-4-6-9-15/h12-14,16H,4-11H2,1-3H3. The van der Waals surface area contributed by atoms with Crippen molar-refractivity contribution < 1.29 is 0 Å². The third kappa shape index (κ3) is 2.45. The molecule has 2 rings (SSSR count). The van der Waals surface area contributed by atoms with E-state index >= 15 is 0 Å². The Balaban J connectivity index is 1.77. The molecular formula is C15H29N. The Morgan fingerprint density at radius 3 is 2.25 bits per heavy atom. The summed E-state index contributed by atoms with van der Waals surface area (Å²) in [7, 11) is 0. The molecule has 1 N–H and O–H groups in total. The largest absolute Gasteiger partial charge is 0.313 e.